The molecule has 0 spiro atoms. The number of hydrogen-bond acceptors (Lipinski definition) is 3. The molecule has 0 bridgehead atoms. The van der Waals surface area contributed by atoms with Gasteiger partial charge in [-0.3, -0.25) is 14.6 Å². The lowest BCUT2D eigenvalue weighted by atomic mass is 9.99. The van der Waals surface area contributed by atoms with Crippen molar-refractivity contribution in [1.82, 2.24) is 10.3 Å². The smallest absolute Gasteiger partial charge is 0.256 e. The Balaban J connectivity index is 1.97. The van der Waals surface area contributed by atoms with Crippen molar-refractivity contribution in [3.63, 3.8) is 0 Å². The summed E-state index contributed by atoms with van der Waals surface area (Å²) in [5, 5.41) is 6.34. The monoisotopic (exact) mass is 347 g/mol. The fraction of sp³-hybridized carbons (Fsp3) is 0.190. The zero-order valence-corrected chi connectivity index (χ0v) is 15.1. The van der Waals surface area contributed by atoms with Gasteiger partial charge in [-0.05, 0) is 49.2 Å². The summed E-state index contributed by atoms with van der Waals surface area (Å²) in [6.45, 7) is 3.96. The van der Waals surface area contributed by atoms with Crippen LogP contribution >= 0.6 is 0 Å². The standard InChI is InChI=1S/C21H21N3O2/c1-4-17-13(2)19(16-7-5-6-8-18(16)24-17)21(26)23-15-11-9-14(10-12-15)20(25)22-3/h5-12H,4H2,1-3H3,(H,22,25)(H,23,26). The van der Waals surface area contributed by atoms with E-state index >= 15 is 0 Å². The highest BCUT2D eigenvalue weighted by Crippen LogP contribution is 2.24. The molecule has 0 radical (unpaired) electrons. The van der Waals surface area contributed by atoms with Gasteiger partial charge in [-0.2, -0.15) is 0 Å². The van der Waals surface area contributed by atoms with E-state index < -0.39 is 0 Å². The van der Waals surface area contributed by atoms with Gasteiger partial charge in [0, 0.05) is 29.4 Å². The van der Waals surface area contributed by atoms with Gasteiger partial charge in [-0.1, -0.05) is 25.1 Å². The number of fused-ring (bicyclic) bond motifs is 1. The third-order valence-corrected chi connectivity index (χ3v) is 4.43. The van der Waals surface area contributed by atoms with Gasteiger partial charge in [-0.25, -0.2) is 0 Å². The van der Waals surface area contributed by atoms with Gasteiger partial charge in [0.05, 0.1) is 11.1 Å². The van der Waals surface area contributed by atoms with Gasteiger partial charge in [0.2, 0.25) is 0 Å². The summed E-state index contributed by atoms with van der Waals surface area (Å²) in [6, 6.07) is 14.5. The number of pyridine rings is 1. The Labute approximate surface area is 152 Å². The highest BCUT2D eigenvalue weighted by molar-refractivity contribution is 6.13. The lowest BCUT2D eigenvalue weighted by Gasteiger charge is -2.14. The zero-order valence-electron chi connectivity index (χ0n) is 15.1. The number of rotatable bonds is 4. The van der Waals surface area contributed by atoms with Crippen LogP contribution in [0.5, 0.6) is 0 Å². The second-order valence-corrected chi connectivity index (χ2v) is 6.04. The number of hydrogen-bond donors (Lipinski definition) is 2. The molecule has 0 fully saturated rings. The van der Waals surface area contributed by atoms with Gasteiger partial charge in [0.25, 0.3) is 11.8 Å². The van der Waals surface area contributed by atoms with Crippen LogP contribution in [0.25, 0.3) is 10.9 Å². The SMILES string of the molecule is CCc1nc2ccccc2c(C(=O)Nc2ccc(C(=O)NC)cc2)c1C. The number of aryl methyl sites for hydroxylation is 1. The van der Waals surface area contributed by atoms with E-state index in [2.05, 4.69) is 15.6 Å². The Morgan fingerprint density at radius 2 is 1.69 bits per heavy atom. The van der Waals surface area contributed by atoms with Gasteiger partial charge >= 0.3 is 0 Å². The summed E-state index contributed by atoms with van der Waals surface area (Å²) in [5.41, 5.74) is 4.46. The first-order valence-electron chi connectivity index (χ1n) is 8.56. The second-order valence-electron chi connectivity index (χ2n) is 6.04. The number of nitrogens with one attached hydrogen (secondary N) is 2. The van der Waals surface area contributed by atoms with Crippen molar-refractivity contribution in [2.45, 2.75) is 20.3 Å². The third kappa shape index (κ3) is 3.28. The van der Waals surface area contributed by atoms with E-state index in [9.17, 15) is 9.59 Å². The average Bonchev–Trinajstić information content (AvgIpc) is 2.67. The van der Waals surface area contributed by atoms with Crippen molar-refractivity contribution < 1.29 is 9.59 Å². The molecule has 2 N–H and O–H groups in total. The molecule has 3 aromatic rings. The Hall–Kier alpha value is -3.21. The Morgan fingerprint density at radius 3 is 2.35 bits per heavy atom. The van der Waals surface area contributed by atoms with E-state index in [0.717, 1.165) is 28.6 Å². The molecular formula is C21H21N3O2. The number of carbonyl (C=O) groups is 2. The van der Waals surface area contributed by atoms with Crippen molar-refractivity contribution >= 4 is 28.4 Å². The Kier molecular flexibility index (Phi) is 4.98. The van der Waals surface area contributed by atoms with E-state index in [-0.39, 0.29) is 11.8 Å². The first-order chi connectivity index (χ1) is 12.5. The maximum absolute atomic E-state index is 13.0. The van der Waals surface area contributed by atoms with Gasteiger partial charge in [0.15, 0.2) is 0 Å². The first kappa shape index (κ1) is 17.6. The molecule has 2 aromatic carbocycles. The van der Waals surface area contributed by atoms with Gasteiger partial charge in [0.1, 0.15) is 0 Å². The Morgan fingerprint density at radius 1 is 1.00 bits per heavy atom. The number of anilines is 1. The van der Waals surface area contributed by atoms with Crippen LogP contribution in [0.2, 0.25) is 0 Å². The predicted octanol–water partition coefficient (Wildman–Crippen LogP) is 3.72. The molecule has 3 rings (SSSR count). The molecule has 132 valence electrons. The maximum Gasteiger partial charge on any atom is 0.256 e. The highest BCUT2D eigenvalue weighted by atomic mass is 16.2. The number of aromatic nitrogens is 1. The van der Waals surface area contributed by atoms with E-state index in [1.165, 1.54) is 0 Å². The largest absolute Gasteiger partial charge is 0.355 e. The summed E-state index contributed by atoms with van der Waals surface area (Å²) in [4.78, 5) is 29.3. The molecule has 0 aliphatic rings. The molecule has 5 nitrogen and oxygen atoms in total. The van der Waals surface area contributed by atoms with Crippen LogP contribution in [0.4, 0.5) is 5.69 Å². The molecule has 0 saturated heterocycles. The lowest BCUT2D eigenvalue weighted by Crippen LogP contribution is -2.18. The van der Waals surface area contributed by atoms with Crippen molar-refractivity contribution in [1.29, 1.82) is 0 Å². The second kappa shape index (κ2) is 7.35. The molecule has 0 saturated carbocycles. The summed E-state index contributed by atoms with van der Waals surface area (Å²) < 4.78 is 0. The van der Waals surface area contributed by atoms with Crippen LogP contribution in [0.15, 0.2) is 48.5 Å². The van der Waals surface area contributed by atoms with Crippen LogP contribution in [0.3, 0.4) is 0 Å². The maximum atomic E-state index is 13.0. The molecule has 26 heavy (non-hydrogen) atoms. The molecule has 0 aliphatic heterocycles. The van der Waals surface area contributed by atoms with Crippen molar-refractivity contribution in [3.8, 4) is 0 Å². The molecular weight excluding hydrogens is 326 g/mol. The molecule has 1 aromatic heterocycles. The van der Waals surface area contributed by atoms with Crippen molar-refractivity contribution in [2.24, 2.45) is 0 Å². The topological polar surface area (TPSA) is 71.1 Å². The van der Waals surface area contributed by atoms with Gasteiger partial charge < -0.3 is 10.6 Å². The minimum absolute atomic E-state index is 0.161. The quantitative estimate of drug-likeness (QED) is 0.756. The van der Waals surface area contributed by atoms with Gasteiger partial charge in [-0.15, -0.1) is 0 Å². The normalized spacial score (nSPS) is 10.6. The van der Waals surface area contributed by atoms with Crippen LogP contribution in [0.1, 0.15) is 38.9 Å². The van der Waals surface area contributed by atoms with Crippen molar-refractivity contribution in [2.75, 3.05) is 12.4 Å². The minimum Gasteiger partial charge on any atom is -0.355 e. The van der Waals surface area contributed by atoms with Crippen molar-refractivity contribution in [3.05, 3.63) is 70.9 Å². The minimum atomic E-state index is -0.177. The molecule has 0 unspecified atom stereocenters. The third-order valence-electron chi connectivity index (χ3n) is 4.43. The van der Waals surface area contributed by atoms with E-state index in [1.54, 1.807) is 31.3 Å². The van der Waals surface area contributed by atoms with Crippen LogP contribution in [0, 0.1) is 6.92 Å². The summed E-state index contributed by atoms with van der Waals surface area (Å²) in [5.74, 6) is -0.338. The molecule has 0 aliphatic carbocycles. The number of carbonyl (C=O) groups excluding carboxylic acids is 2. The van der Waals surface area contributed by atoms with E-state index in [0.29, 0.717) is 16.8 Å². The lowest BCUT2D eigenvalue weighted by molar-refractivity contribution is 0.0962. The van der Waals surface area contributed by atoms with E-state index in [4.69, 9.17) is 0 Å². The predicted molar refractivity (Wildman–Crippen MR) is 104 cm³/mol. The zero-order chi connectivity index (χ0) is 18.7. The van der Waals surface area contributed by atoms with E-state index in [1.807, 2.05) is 38.1 Å². The average molecular weight is 347 g/mol. The number of benzene rings is 2. The number of para-hydroxylation sites is 1. The highest BCUT2D eigenvalue weighted by Gasteiger charge is 2.17. The fourth-order valence-electron chi connectivity index (χ4n) is 3.04. The summed E-state index contributed by atoms with van der Waals surface area (Å²) in [7, 11) is 1.58. The molecule has 0 atom stereocenters. The van der Waals surface area contributed by atoms with Crippen LogP contribution in [-0.4, -0.2) is 23.8 Å². The van der Waals surface area contributed by atoms with Crippen LogP contribution in [-0.2, 0) is 6.42 Å². The molecule has 1 heterocycles. The molecule has 5 heteroatoms. The number of amides is 2. The number of nitrogens with zero attached hydrogens (tertiary/aromatic N) is 1. The fourth-order valence-corrected chi connectivity index (χ4v) is 3.04. The van der Waals surface area contributed by atoms with Crippen LogP contribution < -0.4 is 10.6 Å². The summed E-state index contributed by atoms with van der Waals surface area (Å²) in [6.07, 6.45) is 0.762. The Bertz CT molecular complexity index is 978. The first-order valence-corrected chi connectivity index (χ1v) is 8.56. The summed E-state index contributed by atoms with van der Waals surface area (Å²) >= 11 is 0. The molecule has 2 amide bonds.